The van der Waals surface area contributed by atoms with Gasteiger partial charge in [0.2, 0.25) is 0 Å². The predicted octanol–water partition coefficient (Wildman–Crippen LogP) is 2.15. The molecule has 5 nitrogen and oxygen atoms in total. The highest BCUT2D eigenvalue weighted by molar-refractivity contribution is 7.11. The van der Waals surface area contributed by atoms with Crippen LogP contribution in [0.5, 0.6) is 0 Å². The third-order valence-electron chi connectivity index (χ3n) is 2.76. The van der Waals surface area contributed by atoms with Gasteiger partial charge in [-0.15, -0.1) is 11.3 Å². The Morgan fingerprint density at radius 2 is 2.17 bits per heavy atom. The predicted molar refractivity (Wildman–Crippen MR) is 69.7 cm³/mol. The number of carboxylic acid groups (broad SMARTS) is 1. The lowest BCUT2D eigenvalue weighted by atomic mass is 9.84. The van der Waals surface area contributed by atoms with Gasteiger partial charge in [0, 0.05) is 13.0 Å². The summed E-state index contributed by atoms with van der Waals surface area (Å²) < 4.78 is 0. The van der Waals surface area contributed by atoms with Gasteiger partial charge in [-0.3, -0.25) is 14.6 Å². The number of thiazole rings is 1. The molecule has 1 rings (SSSR count). The number of amides is 1. The number of hydrogen-bond donors (Lipinski definition) is 2. The summed E-state index contributed by atoms with van der Waals surface area (Å²) in [4.78, 5) is 26.6. The van der Waals surface area contributed by atoms with E-state index in [4.69, 9.17) is 5.11 Å². The monoisotopic (exact) mass is 270 g/mol. The van der Waals surface area contributed by atoms with Crippen molar-refractivity contribution in [1.29, 1.82) is 0 Å². The number of hydrogen-bond acceptors (Lipinski definition) is 4. The lowest BCUT2D eigenvalue weighted by molar-refractivity contribution is -0.137. The van der Waals surface area contributed by atoms with Crippen molar-refractivity contribution in [2.45, 2.75) is 33.1 Å². The van der Waals surface area contributed by atoms with Crippen LogP contribution in [-0.4, -0.2) is 28.5 Å². The van der Waals surface area contributed by atoms with Gasteiger partial charge in [0.1, 0.15) is 4.88 Å². The maximum atomic E-state index is 11.6. The number of rotatable bonds is 7. The van der Waals surface area contributed by atoms with Crippen LogP contribution in [0.1, 0.15) is 42.8 Å². The topological polar surface area (TPSA) is 79.3 Å². The molecule has 0 saturated carbocycles. The van der Waals surface area contributed by atoms with Gasteiger partial charge in [0.15, 0.2) is 0 Å². The van der Waals surface area contributed by atoms with Crippen molar-refractivity contribution in [3.05, 3.63) is 16.6 Å². The Morgan fingerprint density at radius 3 is 2.72 bits per heavy atom. The standard InChI is InChI=1S/C12H18N2O3S/c1-12(2,4-3-10(15)16)5-6-14-11(17)9-7-13-8-18-9/h7-8H,3-6H2,1-2H3,(H,14,17)(H,15,16). The molecule has 0 unspecified atom stereocenters. The highest BCUT2D eigenvalue weighted by atomic mass is 32.1. The van der Waals surface area contributed by atoms with Gasteiger partial charge >= 0.3 is 5.97 Å². The van der Waals surface area contributed by atoms with E-state index in [0.717, 1.165) is 6.42 Å². The summed E-state index contributed by atoms with van der Waals surface area (Å²) in [7, 11) is 0. The molecule has 1 heterocycles. The Hall–Kier alpha value is -1.43. The van der Waals surface area contributed by atoms with E-state index in [0.29, 0.717) is 17.8 Å². The van der Waals surface area contributed by atoms with Gasteiger partial charge in [0.05, 0.1) is 11.7 Å². The Morgan fingerprint density at radius 1 is 1.44 bits per heavy atom. The average Bonchev–Trinajstić information content (AvgIpc) is 2.79. The van der Waals surface area contributed by atoms with E-state index in [1.54, 1.807) is 5.51 Å². The van der Waals surface area contributed by atoms with Gasteiger partial charge in [-0.1, -0.05) is 13.8 Å². The summed E-state index contributed by atoms with van der Waals surface area (Å²) in [5, 5.41) is 11.5. The largest absolute Gasteiger partial charge is 0.481 e. The zero-order valence-electron chi connectivity index (χ0n) is 10.6. The van der Waals surface area contributed by atoms with Gasteiger partial charge in [-0.25, -0.2) is 0 Å². The fourth-order valence-corrected chi connectivity index (χ4v) is 2.04. The van der Waals surface area contributed by atoms with E-state index in [2.05, 4.69) is 10.3 Å². The van der Waals surface area contributed by atoms with E-state index in [1.807, 2.05) is 13.8 Å². The first kappa shape index (κ1) is 14.6. The highest BCUT2D eigenvalue weighted by Crippen LogP contribution is 2.26. The minimum absolute atomic E-state index is 0.0840. The van der Waals surface area contributed by atoms with Crippen molar-refractivity contribution < 1.29 is 14.7 Å². The molecule has 6 heteroatoms. The van der Waals surface area contributed by atoms with Crippen LogP contribution in [0.15, 0.2) is 11.7 Å². The molecule has 0 saturated heterocycles. The molecular weight excluding hydrogens is 252 g/mol. The maximum Gasteiger partial charge on any atom is 0.303 e. The number of carbonyl (C=O) groups excluding carboxylic acids is 1. The fraction of sp³-hybridized carbons (Fsp3) is 0.583. The van der Waals surface area contributed by atoms with Crippen molar-refractivity contribution in [3.63, 3.8) is 0 Å². The van der Waals surface area contributed by atoms with Crippen LogP contribution in [-0.2, 0) is 4.79 Å². The molecule has 0 aliphatic rings. The minimum Gasteiger partial charge on any atom is -0.481 e. The van der Waals surface area contributed by atoms with E-state index in [-0.39, 0.29) is 17.7 Å². The van der Waals surface area contributed by atoms with E-state index >= 15 is 0 Å². The number of nitrogens with zero attached hydrogens (tertiary/aromatic N) is 1. The third kappa shape index (κ3) is 5.27. The Labute approximate surface area is 110 Å². The Kier molecular flexibility index (Phi) is 5.27. The van der Waals surface area contributed by atoms with Crippen molar-refractivity contribution >= 4 is 23.2 Å². The number of aliphatic carboxylic acids is 1. The molecule has 0 radical (unpaired) electrons. The lowest BCUT2D eigenvalue weighted by Crippen LogP contribution is -2.27. The Bertz CT molecular complexity index is 401. The van der Waals surface area contributed by atoms with Crippen LogP contribution >= 0.6 is 11.3 Å². The molecule has 2 N–H and O–H groups in total. The molecule has 100 valence electrons. The molecule has 0 aliphatic heterocycles. The first-order chi connectivity index (χ1) is 8.41. The quantitative estimate of drug-likeness (QED) is 0.795. The van der Waals surface area contributed by atoms with Gasteiger partial charge in [0.25, 0.3) is 5.91 Å². The van der Waals surface area contributed by atoms with E-state index < -0.39 is 5.97 Å². The van der Waals surface area contributed by atoms with Crippen molar-refractivity contribution in [2.24, 2.45) is 5.41 Å². The SMILES string of the molecule is CC(C)(CCNC(=O)c1cncs1)CCC(=O)O. The number of carbonyl (C=O) groups is 2. The summed E-state index contributed by atoms with van der Waals surface area (Å²) in [5.41, 5.74) is 1.53. The van der Waals surface area contributed by atoms with Gasteiger partial charge in [-0.2, -0.15) is 0 Å². The van der Waals surface area contributed by atoms with Crippen molar-refractivity contribution in [1.82, 2.24) is 10.3 Å². The fourth-order valence-electron chi connectivity index (χ4n) is 1.50. The van der Waals surface area contributed by atoms with E-state index in [9.17, 15) is 9.59 Å². The third-order valence-corrected chi connectivity index (χ3v) is 3.53. The first-order valence-corrected chi connectivity index (χ1v) is 6.67. The molecule has 0 aromatic carbocycles. The molecule has 1 aromatic rings. The summed E-state index contributed by atoms with van der Waals surface area (Å²) in [6.07, 6.45) is 3.06. The molecule has 1 amide bonds. The lowest BCUT2D eigenvalue weighted by Gasteiger charge is -2.23. The molecule has 0 atom stereocenters. The van der Waals surface area contributed by atoms with E-state index in [1.165, 1.54) is 17.5 Å². The van der Waals surface area contributed by atoms with Crippen molar-refractivity contribution in [3.8, 4) is 0 Å². The minimum atomic E-state index is -0.781. The van der Waals surface area contributed by atoms with Crippen LogP contribution in [0.2, 0.25) is 0 Å². The van der Waals surface area contributed by atoms with Crippen molar-refractivity contribution in [2.75, 3.05) is 6.54 Å². The van der Waals surface area contributed by atoms with Crippen LogP contribution < -0.4 is 5.32 Å². The summed E-state index contributed by atoms with van der Waals surface area (Å²) in [6.45, 7) is 4.56. The molecule has 1 aromatic heterocycles. The van der Waals surface area contributed by atoms with Crippen LogP contribution in [0.3, 0.4) is 0 Å². The first-order valence-electron chi connectivity index (χ1n) is 5.79. The smallest absolute Gasteiger partial charge is 0.303 e. The number of carboxylic acids is 1. The summed E-state index contributed by atoms with van der Waals surface area (Å²) >= 11 is 1.30. The van der Waals surface area contributed by atoms with Crippen LogP contribution in [0.4, 0.5) is 0 Å². The second-order valence-electron chi connectivity index (χ2n) is 4.93. The van der Waals surface area contributed by atoms with Gasteiger partial charge in [-0.05, 0) is 18.3 Å². The van der Waals surface area contributed by atoms with Crippen LogP contribution in [0.25, 0.3) is 0 Å². The number of aromatic nitrogens is 1. The molecular formula is C12H18N2O3S. The molecule has 0 bridgehead atoms. The zero-order chi connectivity index (χ0) is 13.6. The number of nitrogens with one attached hydrogen (secondary N) is 1. The van der Waals surface area contributed by atoms with Gasteiger partial charge < -0.3 is 10.4 Å². The normalized spacial score (nSPS) is 11.2. The second kappa shape index (κ2) is 6.49. The second-order valence-corrected chi connectivity index (χ2v) is 5.82. The molecule has 18 heavy (non-hydrogen) atoms. The maximum absolute atomic E-state index is 11.6. The molecule has 0 aliphatic carbocycles. The Balaban J connectivity index is 2.28. The summed E-state index contributed by atoms with van der Waals surface area (Å²) in [5.74, 6) is -0.900. The zero-order valence-corrected chi connectivity index (χ0v) is 11.4. The van der Waals surface area contributed by atoms with Crippen LogP contribution in [0, 0.1) is 5.41 Å². The molecule has 0 fully saturated rings. The molecule has 0 spiro atoms. The summed E-state index contributed by atoms with van der Waals surface area (Å²) in [6, 6.07) is 0. The average molecular weight is 270 g/mol. The highest BCUT2D eigenvalue weighted by Gasteiger charge is 2.19.